The van der Waals surface area contributed by atoms with Crippen LogP contribution in [-0.4, -0.2) is 58.9 Å². The number of likely N-dealkylation sites (tertiary alicyclic amines) is 1. The smallest absolute Gasteiger partial charge is 0.230 e. The van der Waals surface area contributed by atoms with Gasteiger partial charge in [0.25, 0.3) is 0 Å². The fourth-order valence-electron chi connectivity index (χ4n) is 5.94. The summed E-state index contributed by atoms with van der Waals surface area (Å²) in [5.74, 6) is 0.228. The number of halogens is 1. The van der Waals surface area contributed by atoms with E-state index in [1.807, 2.05) is 24.6 Å². The minimum atomic E-state index is -0.239. The Balaban J connectivity index is 1.37. The molecule has 1 aliphatic carbocycles. The maximum atomic E-state index is 14.1. The number of aromatic nitrogens is 2. The van der Waals surface area contributed by atoms with Crippen molar-refractivity contribution in [2.45, 2.75) is 36.9 Å². The zero-order chi connectivity index (χ0) is 24.4. The lowest BCUT2D eigenvalue weighted by atomic mass is 9.71. The monoisotopic (exact) mass is 494 g/mol. The van der Waals surface area contributed by atoms with Crippen LogP contribution in [0.1, 0.15) is 35.6 Å². The van der Waals surface area contributed by atoms with Crippen molar-refractivity contribution in [1.82, 2.24) is 20.0 Å². The molecule has 1 aromatic heterocycles. The lowest BCUT2D eigenvalue weighted by Crippen LogP contribution is -2.50. The van der Waals surface area contributed by atoms with Crippen molar-refractivity contribution in [3.63, 3.8) is 0 Å². The molecule has 35 heavy (non-hydrogen) atoms. The fraction of sp³-hybridized carbons (Fsp3) is 0.407. The molecule has 0 unspecified atom stereocenters. The van der Waals surface area contributed by atoms with Gasteiger partial charge < -0.3 is 10.1 Å². The lowest BCUT2D eigenvalue weighted by Gasteiger charge is -2.44. The molecule has 1 fully saturated rings. The maximum Gasteiger partial charge on any atom is 0.230 e. The van der Waals surface area contributed by atoms with Crippen LogP contribution in [0.3, 0.4) is 0 Å². The first-order valence-electron chi connectivity index (χ1n) is 12.0. The van der Waals surface area contributed by atoms with Crippen LogP contribution in [0.4, 0.5) is 4.39 Å². The van der Waals surface area contributed by atoms with Crippen molar-refractivity contribution in [1.29, 1.82) is 0 Å². The summed E-state index contributed by atoms with van der Waals surface area (Å²) in [6.07, 6.45) is 7.24. The molecule has 8 heteroatoms. The van der Waals surface area contributed by atoms with E-state index in [4.69, 9.17) is 4.74 Å². The molecule has 6 nitrogen and oxygen atoms in total. The Morgan fingerprint density at radius 2 is 2.03 bits per heavy atom. The average molecular weight is 495 g/mol. The highest BCUT2D eigenvalue weighted by Gasteiger charge is 2.53. The number of benzene rings is 2. The number of piperidine rings is 1. The fourth-order valence-corrected chi connectivity index (χ4v) is 6.28. The summed E-state index contributed by atoms with van der Waals surface area (Å²) >= 11 is 1.52. The Kier molecular flexibility index (Phi) is 6.95. The number of methoxy groups -OCH3 is 1. The number of rotatable bonds is 7. The second kappa shape index (κ2) is 10.1. The van der Waals surface area contributed by atoms with Crippen LogP contribution in [0.25, 0.3) is 5.69 Å². The van der Waals surface area contributed by atoms with Crippen LogP contribution >= 0.6 is 11.8 Å². The summed E-state index contributed by atoms with van der Waals surface area (Å²) in [5, 5.41) is 7.58. The standard InChI is InChI=1S/C27H31FN4O2S/c1-34-26-25(30-24(33)18-35-2)21-6-3-4-7-22(21)27(26)10-14-31(15-11-27)17-19-16-20(28)8-9-23(19)32-13-5-12-29-32/h3-9,12-13,16,25-26H,10-11,14-15,17-18H2,1-2H3,(H,30,33)/t25-,26+/m1/s1. The summed E-state index contributed by atoms with van der Waals surface area (Å²) in [5.41, 5.74) is 4.10. The summed E-state index contributed by atoms with van der Waals surface area (Å²) in [6, 6.07) is 15.0. The summed E-state index contributed by atoms with van der Waals surface area (Å²) in [6.45, 7) is 2.36. The maximum absolute atomic E-state index is 14.1. The number of carbonyl (C=O) groups is 1. The molecular weight excluding hydrogens is 463 g/mol. The average Bonchev–Trinajstić information content (AvgIpc) is 3.47. The highest BCUT2D eigenvalue weighted by Crippen LogP contribution is 2.52. The number of hydrogen-bond acceptors (Lipinski definition) is 5. The van der Waals surface area contributed by atoms with Crippen LogP contribution in [0, 0.1) is 5.82 Å². The minimum Gasteiger partial charge on any atom is -0.378 e. The summed E-state index contributed by atoms with van der Waals surface area (Å²) in [4.78, 5) is 14.9. The van der Waals surface area contributed by atoms with Gasteiger partial charge in [-0.3, -0.25) is 9.69 Å². The van der Waals surface area contributed by atoms with E-state index in [2.05, 4.69) is 33.5 Å². The van der Waals surface area contributed by atoms with Crippen molar-refractivity contribution in [3.05, 3.63) is 83.4 Å². The molecule has 2 atom stereocenters. The zero-order valence-corrected chi connectivity index (χ0v) is 20.9. The molecule has 1 amide bonds. The van der Waals surface area contributed by atoms with E-state index in [1.165, 1.54) is 23.4 Å². The Bertz CT molecular complexity index is 1180. The number of amides is 1. The quantitative estimate of drug-likeness (QED) is 0.536. The Hall–Kier alpha value is -2.68. The first-order valence-corrected chi connectivity index (χ1v) is 13.4. The largest absolute Gasteiger partial charge is 0.378 e. The van der Waals surface area contributed by atoms with Gasteiger partial charge in [0.1, 0.15) is 5.82 Å². The van der Waals surface area contributed by atoms with E-state index in [0.717, 1.165) is 42.7 Å². The third-order valence-corrected chi connectivity index (χ3v) is 8.01. The van der Waals surface area contributed by atoms with E-state index < -0.39 is 0 Å². The second-order valence-electron chi connectivity index (χ2n) is 9.38. The Labute approximate surface area is 209 Å². The zero-order valence-electron chi connectivity index (χ0n) is 20.1. The summed E-state index contributed by atoms with van der Waals surface area (Å²) in [7, 11) is 1.75. The van der Waals surface area contributed by atoms with Crippen LogP contribution < -0.4 is 5.32 Å². The molecule has 1 N–H and O–H groups in total. The van der Waals surface area contributed by atoms with Gasteiger partial charge in [0.05, 0.1) is 23.6 Å². The number of ether oxygens (including phenoxy) is 1. The van der Waals surface area contributed by atoms with E-state index >= 15 is 0 Å². The van der Waals surface area contributed by atoms with Gasteiger partial charge in [-0.2, -0.15) is 16.9 Å². The molecule has 0 bridgehead atoms. The molecule has 2 aliphatic rings. The molecular formula is C27H31FN4O2S. The first kappa shape index (κ1) is 24.0. The molecule has 1 saturated heterocycles. The van der Waals surface area contributed by atoms with Crippen molar-refractivity contribution >= 4 is 17.7 Å². The third-order valence-electron chi connectivity index (χ3n) is 7.46. The first-order chi connectivity index (χ1) is 17.1. The van der Waals surface area contributed by atoms with Crippen LogP contribution in [0.5, 0.6) is 0 Å². The van der Waals surface area contributed by atoms with E-state index in [9.17, 15) is 9.18 Å². The number of nitrogens with zero attached hydrogens (tertiary/aromatic N) is 3. The van der Waals surface area contributed by atoms with E-state index in [0.29, 0.717) is 12.3 Å². The van der Waals surface area contributed by atoms with Gasteiger partial charge in [-0.1, -0.05) is 24.3 Å². The van der Waals surface area contributed by atoms with Crippen molar-refractivity contribution < 1.29 is 13.9 Å². The predicted octanol–water partition coefficient (Wildman–Crippen LogP) is 4.09. The van der Waals surface area contributed by atoms with E-state index in [-0.39, 0.29) is 29.3 Å². The van der Waals surface area contributed by atoms with Gasteiger partial charge >= 0.3 is 0 Å². The number of hydrogen-bond donors (Lipinski definition) is 1. The van der Waals surface area contributed by atoms with Crippen molar-refractivity contribution in [2.75, 3.05) is 32.2 Å². The van der Waals surface area contributed by atoms with E-state index in [1.54, 1.807) is 30.1 Å². The van der Waals surface area contributed by atoms with Gasteiger partial charge in [-0.15, -0.1) is 0 Å². The number of fused-ring (bicyclic) bond motifs is 2. The number of thioether (sulfide) groups is 1. The van der Waals surface area contributed by atoms with Crippen LogP contribution in [0.2, 0.25) is 0 Å². The third kappa shape index (κ3) is 4.50. The highest BCUT2D eigenvalue weighted by atomic mass is 32.2. The predicted molar refractivity (Wildman–Crippen MR) is 136 cm³/mol. The Morgan fingerprint density at radius 3 is 2.74 bits per heavy atom. The number of carbonyl (C=O) groups excluding carboxylic acids is 1. The second-order valence-corrected chi connectivity index (χ2v) is 10.2. The molecule has 2 heterocycles. The molecule has 1 spiro atoms. The molecule has 1 aliphatic heterocycles. The molecule has 2 aromatic carbocycles. The van der Waals surface area contributed by atoms with Gasteiger partial charge in [0.2, 0.25) is 5.91 Å². The molecule has 0 saturated carbocycles. The van der Waals surface area contributed by atoms with Crippen molar-refractivity contribution in [3.8, 4) is 5.69 Å². The van der Waals surface area contributed by atoms with Gasteiger partial charge in [0, 0.05) is 31.5 Å². The van der Waals surface area contributed by atoms with Crippen LogP contribution in [-0.2, 0) is 21.5 Å². The number of nitrogens with one attached hydrogen (secondary N) is 1. The summed E-state index contributed by atoms with van der Waals surface area (Å²) < 4.78 is 22.1. The minimum absolute atomic E-state index is 0.0334. The highest BCUT2D eigenvalue weighted by molar-refractivity contribution is 7.99. The molecule has 3 aromatic rings. The topological polar surface area (TPSA) is 59.4 Å². The van der Waals surface area contributed by atoms with Gasteiger partial charge in [-0.25, -0.2) is 9.07 Å². The SMILES string of the molecule is CO[C@H]1[C@H](NC(=O)CSC)c2ccccc2C12CCN(Cc1cc(F)ccc1-n1cccn1)CC2. The lowest BCUT2D eigenvalue weighted by molar-refractivity contribution is -0.121. The van der Waals surface area contributed by atoms with Gasteiger partial charge in [-0.05, 0) is 73.1 Å². The molecule has 0 radical (unpaired) electrons. The van der Waals surface area contributed by atoms with Crippen molar-refractivity contribution in [2.24, 2.45) is 0 Å². The normalized spacial score (nSPS) is 21.2. The van der Waals surface area contributed by atoms with Gasteiger partial charge in [0.15, 0.2) is 0 Å². The molecule has 5 rings (SSSR count). The Morgan fingerprint density at radius 1 is 1.23 bits per heavy atom. The molecule has 184 valence electrons. The van der Waals surface area contributed by atoms with Crippen LogP contribution in [0.15, 0.2) is 60.9 Å².